The number of carbonyl (C=O) groups is 1. The molecule has 94 valence electrons. The Hall–Kier alpha value is -1.78. The number of aliphatic carboxylic acids is 1. The summed E-state index contributed by atoms with van der Waals surface area (Å²) < 4.78 is 3.11. The van der Waals surface area contributed by atoms with Gasteiger partial charge in [0, 0.05) is 30.6 Å². The van der Waals surface area contributed by atoms with E-state index in [0.29, 0.717) is 18.5 Å². The first-order valence-electron chi connectivity index (χ1n) is 5.67. The van der Waals surface area contributed by atoms with Crippen molar-refractivity contribution in [3.63, 3.8) is 0 Å². The van der Waals surface area contributed by atoms with Crippen molar-refractivity contribution in [3.8, 4) is 0 Å². The maximum absolute atomic E-state index is 11.8. The van der Waals surface area contributed by atoms with Crippen molar-refractivity contribution in [1.29, 1.82) is 0 Å². The lowest BCUT2D eigenvalue weighted by Crippen LogP contribution is -2.25. The maximum Gasteiger partial charge on any atom is 0.331 e. The summed E-state index contributed by atoms with van der Waals surface area (Å²) in [5, 5.41) is 8.85. The summed E-state index contributed by atoms with van der Waals surface area (Å²) in [6, 6.07) is 0.109. The maximum atomic E-state index is 11.8. The van der Waals surface area contributed by atoms with Crippen molar-refractivity contribution in [1.82, 2.24) is 9.13 Å². The lowest BCUT2D eigenvalue weighted by molar-refractivity contribution is -0.132. The van der Waals surface area contributed by atoms with Crippen molar-refractivity contribution in [2.24, 2.45) is 0 Å². The Morgan fingerprint density at radius 1 is 1.47 bits per heavy atom. The van der Waals surface area contributed by atoms with Crippen molar-refractivity contribution >= 4 is 5.97 Å². The van der Waals surface area contributed by atoms with E-state index in [4.69, 9.17) is 5.11 Å². The topological polar surface area (TPSA) is 64.2 Å². The molecule has 0 saturated heterocycles. The molecule has 1 aromatic rings. The molecule has 0 spiro atoms. The molecule has 0 fully saturated rings. The molecule has 0 radical (unpaired) electrons. The number of carboxylic acid groups (broad SMARTS) is 1. The number of hydrogen-bond donors (Lipinski definition) is 1. The second-order valence-corrected chi connectivity index (χ2v) is 4.12. The van der Waals surface area contributed by atoms with E-state index in [1.165, 1.54) is 4.57 Å². The van der Waals surface area contributed by atoms with Gasteiger partial charge in [-0.25, -0.2) is 9.59 Å². The molecule has 0 aliphatic heterocycles. The fraction of sp³-hybridized carbons (Fsp3) is 0.500. The molecule has 1 rings (SSSR count). The molecule has 0 saturated carbocycles. The normalized spacial score (nSPS) is 12.1. The van der Waals surface area contributed by atoms with Crippen LogP contribution in [0.15, 0.2) is 28.8 Å². The highest BCUT2D eigenvalue weighted by Crippen LogP contribution is 2.02. The summed E-state index contributed by atoms with van der Waals surface area (Å²) in [4.78, 5) is 22.6. The van der Waals surface area contributed by atoms with Crippen molar-refractivity contribution in [3.05, 3.63) is 34.5 Å². The third kappa shape index (κ3) is 3.09. The van der Waals surface area contributed by atoms with Gasteiger partial charge >= 0.3 is 11.7 Å². The molecule has 1 N–H and O–H groups in total. The van der Waals surface area contributed by atoms with Crippen LogP contribution in [0.3, 0.4) is 0 Å². The Morgan fingerprint density at radius 3 is 2.53 bits per heavy atom. The predicted octanol–water partition coefficient (Wildman–Crippen LogP) is 1.65. The standard InChI is InChI=1S/C12H18N2O3/c1-4-10(11(15)16)5-6-13-7-8-14(9(2)3)12(13)17/h5,7-9H,4,6H2,1-3H3,(H,15,16)/b10-5-. The molecule has 0 aliphatic carbocycles. The van der Waals surface area contributed by atoms with E-state index < -0.39 is 5.97 Å². The van der Waals surface area contributed by atoms with E-state index >= 15 is 0 Å². The van der Waals surface area contributed by atoms with E-state index in [2.05, 4.69) is 0 Å². The first-order chi connectivity index (χ1) is 7.97. The van der Waals surface area contributed by atoms with Gasteiger partial charge in [-0.3, -0.25) is 9.13 Å². The molecule has 17 heavy (non-hydrogen) atoms. The number of imidazole rings is 1. The molecule has 0 unspecified atom stereocenters. The Balaban J connectivity index is 2.90. The lowest BCUT2D eigenvalue weighted by Gasteiger charge is -2.04. The van der Waals surface area contributed by atoms with Gasteiger partial charge in [-0.15, -0.1) is 0 Å². The smallest absolute Gasteiger partial charge is 0.331 e. The molecule has 5 heteroatoms. The van der Waals surface area contributed by atoms with Crippen molar-refractivity contribution in [2.45, 2.75) is 39.8 Å². The van der Waals surface area contributed by atoms with Crippen LogP contribution in [0.1, 0.15) is 33.2 Å². The van der Waals surface area contributed by atoms with Crippen LogP contribution in [0.4, 0.5) is 0 Å². The minimum Gasteiger partial charge on any atom is -0.478 e. The van der Waals surface area contributed by atoms with Crippen LogP contribution >= 0.6 is 0 Å². The minimum absolute atomic E-state index is 0.109. The van der Waals surface area contributed by atoms with Gasteiger partial charge in [-0.2, -0.15) is 0 Å². The minimum atomic E-state index is -0.927. The fourth-order valence-electron chi connectivity index (χ4n) is 1.55. The monoisotopic (exact) mass is 238 g/mol. The molecule has 1 aromatic heterocycles. The predicted molar refractivity (Wildman–Crippen MR) is 65.1 cm³/mol. The Bertz CT molecular complexity index is 480. The Labute approximate surface area is 100.0 Å². The fourth-order valence-corrected chi connectivity index (χ4v) is 1.55. The summed E-state index contributed by atoms with van der Waals surface area (Å²) in [6.45, 7) is 5.93. The largest absolute Gasteiger partial charge is 0.478 e. The van der Waals surface area contributed by atoms with Gasteiger partial charge in [0.2, 0.25) is 0 Å². The number of carboxylic acids is 1. The molecule has 0 aliphatic rings. The third-order valence-corrected chi connectivity index (χ3v) is 2.62. The summed E-state index contributed by atoms with van der Waals surface area (Å²) >= 11 is 0. The van der Waals surface area contributed by atoms with Crippen molar-refractivity contribution < 1.29 is 9.90 Å². The van der Waals surface area contributed by atoms with E-state index in [1.807, 2.05) is 13.8 Å². The van der Waals surface area contributed by atoms with Gasteiger partial charge in [-0.05, 0) is 20.3 Å². The van der Waals surface area contributed by atoms with Gasteiger partial charge in [0.1, 0.15) is 0 Å². The van der Waals surface area contributed by atoms with Crippen LogP contribution in [0.2, 0.25) is 0 Å². The quantitative estimate of drug-likeness (QED) is 0.793. The molecule has 5 nitrogen and oxygen atoms in total. The van der Waals surface area contributed by atoms with Crippen LogP contribution in [0.5, 0.6) is 0 Å². The highest BCUT2D eigenvalue weighted by Gasteiger charge is 2.07. The molecule has 1 heterocycles. The van der Waals surface area contributed by atoms with E-state index in [9.17, 15) is 9.59 Å². The zero-order chi connectivity index (χ0) is 13.0. The average molecular weight is 238 g/mol. The average Bonchev–Trinajstić information content (AvgIpc) is 2.60. The van der Waals surface area contributed by atoms with Crippen LogP contribution in [-0.4, -0.2) is 20.2 Å². The number of nitrogens with zero attached hydrogens (tertiary/aromatic N) is 2. The van der Waals surface area contributed by atoms with Crippen LogP contribution in [0, 0.1) is 0 Å². The Kier molecular flexibility index (Phi) is 4.31. The van der Waals surface area contributed by atoms with E-state index in [1.54, 1.807) is 30.0 Å². The van der Waals surface area contributed by atoms with Gasteiger partial charge < -0.3 is 5.11 Å². The zero-order valence-corrected chi connectivity index (χ0v) is 10.4. The highest BCUT2D eigenvalue weighted by atomic mass is 16.4. The molecule has 0 amide bonds. The third-order valence-electron chi connectivity index (χ3n) is 2.62. The van der Waals surface area contributed by atoms with Crippen LogP contribution in [-0.2, 0) is 11.3 Å². The molecule has 0 atom stereocenters. The van der Waals surface area contributed by atoms with Gasteiger partial charge in [-0.1, -0.05) is 13.0 Å². The van der Waals surface area contributed by atoms with Gasteiger partial charge in [0.25, 0.3) is 0 Å². The lowest BCUT2D eigenvalue weighted by atomic mass is 10.2. The summed E-state index contributed by atoms with van der Waals surface area (Å²) in [5.41, 5.74) is 0.214. The van der Waals surface area contributed by atoms with Crippen LogP contribution < -0.4 is 5.69 Å². The number of rotatable bonds is 5. The number of allylic oxidation sites excluding steroid dienone is 1. The van der Waals surface area contributed by atoms with Crippen LogP contribution in [0.25, 0.3) is 0 Å². The molecular formula is C12H18N2O3. The number of aromatic nitrogens is 2. The Morgan fingerprint density at radius 2 is 2.12 bits per heavy atom. The molecule has 0 bridgehead atoms. The second kappa shape index (κ2) is 5.52. The highest BCUT2D eigenvalue weighted by molar-refractivity contribution is 5.86. The summed E-state index contributed by atoms with van der Waals surface area (Å²) in [7, 11) is 0. The first kappa shape index (κ1) is 13.3. The number of hydrogen-bond acceptors (Lipinski definition) is 2. The first-order valence-corrected chi connectivity index (χ1v) is 5.67. The molecular weight excluding hydrogens is 220 g/mol. The second-order valence-electron chi connectivity index (χ2n) is 4.12. The van der Waals surface area contributed by atoms with Gasteiger partial charge in [0.15, 0.2) is 0 Å². The SMILES string of the molecule is CC/C(=C/Cn1ccn(C(C)C)c1=O)C(=O)O. The van der Waals surface area contributed by atoms with Gasteiger partial charge in [0.05, 0.1) is 0 Å². The van der Waals surface area contributed by atoms with E-state index in [-0.39, 0.29) is 11.7 Å². The van der Waals surface area contributed by atoms with Crippen molar-refractivity contribution in [2.75, 3.05) is 0 Å². The summed E-state index contributed by atoms with van der Waals surface area (Å²) in [5.74, 6) is -0.927. The summed E-state index contributed by atoms with van der Waals surface area (Å²) in [6.07, 6.45) is 5.42. The molecule has 0 aromatic carbocycles. The zero-order valence-electron chi connectivity index (χ0n) is 10.4. The van der Waals surface area contributed by atoms with E-state index in [0.717, 1.165) is 0 Å².